The van der Waals surface area contributed by atoms with Crippen LogP contribution < -0.4 is 24.7 Å². The van der Waals surface area contributed by atoms with Crippen molar-refractivity contribution >= 4 is 17.8 Å². The SMILES string of the molecule is CCN.Cl[I-]Cl. The van der Waals surface area contributed by atoms with E-state index in [0.717, 1.165) is 6.54 Å². The first-order valence-electron chi connectivity index (χ1n) is 1.40. The second kappa shape index (κ2) is 16.3. The molecule has 6 heavy (non-hydrogen) atoms. The number of nitrogens with two attached hydrogens (primary N) is 1. The molecule has 0 aliphatic carbocycles. The second-order valence-electron chi connectivity index (χ2n) is 0.462. The third kappa shape index (κ3) is 59.6. The number of hydrogen-bond donors (Lipinski definition) is 1. The molecule has 0 amide bonds. The van der Waals surface area contributed by atoms with E-state index in [4.69, 9.17) is 23.6 Å². The van der Waals surface area contributed by atoms with E-state index in [9.17, 15) is 0 Å². The van der Waals surface area contributed by atoms with Gasteiger partial charge in [-0.1, -0.05) is 6.92 Å². The molecule has 4 heteroatoms. The monoisotopic (exact) mass is 242 g/mol. The summed E-state index contributed by atoms with van der Waals surface area (Å²) in [6.45, 7) is 2.65. The van der Waals surface area contributed by atoms with Crippen LogP contribution in [-0.4, -0.2) is 6.54 Å². The molecule has 0 aromatic carbocycles. The summed E-state index contributed by atoms with van der Waals surface area (Å²) in [5.41, 5.74) is 4.85. The van der Waals surface area contributed by atoms with Crippen LogP contribution in [0.3, 0.4) is 0 Å². The topological polar surface area (TPSA) is 26.0 Å². The predicted octanol–water partition coefficient (Wildman–Crippen LogP) is -1.65. The third-order valence-electron chi connectivity index (χ3n) is 0. The molecule has 0 aromatic heterocycles. The van der Waals surface area contributed by atoms with E-state index in [0.29, 0.717) is 0 Å². The van der Waals surface area contributed by atoms with Gasteiger partial charge in [0.1, 0.15) is 0 Å². The van der Waals surface area contributed by atoms with Crippen molar-refractivity contribution in [3.8, 4) is 0 Å². The molecule has 0 radical (unpaired) electrons. The minimum absolute atomic E-state index is 0.466. The molecule has 0 spiro atoms. The predicted molar refractivity (Wildman–Crippen MR) is 26.4 cm³/mol. The van der Waals surface area contributed by atoms with Crippen LogP contribution in [-0.2, 0) is 0 Å². The number of rotatable bonds is 0. The zero-order valence-electron chi connectivity index (χ0n) is 3.42. The summed E-state index contributed by atoms with van der Waals surface area (Å²) in [4.78, 5) is 0. The molecule has 0 bridgehead atoms. The van der Waals surface area contributed by atoms with E-state index >= 15 is 0 Å². The molecule has 0 saturated heterocycles. The standard InChI is InChI=1S/C2H7N.Cl2I/c1-2-3;1-3-2/h2-3H2,1H3;/q;-1. The van der Waals surface area contributed by atoms with Crippen LogP contribution in [0, 0.1) is 0 Å². The molecular formula is C2H7Cl2IN-. The van der Waals surface area contributed by atoms with Crippen molar-refractivity contribution in [2.75, 3.05) is 6.54 Å². The van der Waals surface area contributed by atoms with Crippen LogP contribution in [0.5, 0.6) is 0 Å². The van der Waals surface area contributed by atoms with Gasteiger partial charge in [0.25, 0.3) is 0 Å². The molecule has 0 heterocycles. The van der Waals surface area contributed by atoms with Crippen molar-refractivity contribution in [3.63, 3.8) is 0 Å². The molecular weight excluding hydrogens is 236 g/mol. The Morgan fingerprint density at radius 2 is 1.67 bits per heavy atom. The molecule has 0 aliphatic rings. The molecule has 0 fully saturated rings. The van der Waals surface area contributed by atoms with Gasteiger partial charge in [-0.25, -0.2) is 0 Å². The van der Waals surface area contributed by atoms with Crippen LogP contribution in [0.1, 0.15) is 6.92 Å². The van der Waals surface area contributed by atoms with Gasteiger partial charge in [-0.3, -0.25) is 0 Å². The Hall–Kier alpha value is 1.27. The van der Waals surface area contributed by atoms with Crippen molar-refractivity contribution in [1.82, 2.24) is 0 Å². The average Bonchev–Trinajstić information content (AvgIpc) is 1.39. The first kappa shape index (κ1) is 10.3. The van der Waals surface area contributed by atoms with Crippen LogP contribution in [0.25, 0.3) is 0 Å². The minimum atomic E-state index is -0.466. The van der Waals surface area contributed by atoms with Crippen LogP contribution in [0.15, 0.2) is 0 Å². The zero-order valence-corrected chi connectivity index (χ0v) is 7.09. The van der Waals surface area contributed by atoms with Gasteiger partial charge in [-0.15, -0.1) is 0 Å². The Balaban J connectivity index is 0. The Morgan fingerprint density at radius 1 is 1.67 bits per heavy atom. The molecule has 0 unspecified atom stereocenters. The van der Waals surface area contributed by atoms with Crippen molar-refractivity contribution < 1.29 is 18.9 Å². The first-order valence-corrected chi connectivity index (χ1v) is 6.87. The van der Waals surface area contributed by atoms with E-state index in [-0.39, 0.29) is 0 Å². The van der Waals surface area contributed by atoms with Crippen molar-refractivity contribution in [2.24, 2.45) is 5.73 Å². The van der Waals surface area contributed by atoms with Gasteiger partial charge < -0.3 is 5.73 Å². The zero-order chi connectivity index (χ0) is 5.41. The molecule has 0 aromatic rings. The van der Waals surface area contributed by atoms with Gasteiger partial charge in [0, 0.05) is 0 Å². The third-order valence-corrected chi connectivity index (χ3v) is 0. The molecule has 0 rings (SSSR count). The maximum absolute atomic E-state index is 4.87. The van der Waals surface area contributed by atoms with Crippen LogP contribution >= 0.6 is 17.8 Å². The molecule has 42 valence electrons. The molecule has 2 N–H and O–H groups in total. The second-order valence-corrected chi connectivity index (χ2v) is 3.67. The Bertz CT molecular complexity index is 13.5. The fourth-order valence-electron chi connectivity index (χ4n) is 0. The molecule has 0 saturated carbocycles. The van der Waals surface area contributed by atoms with Crippen molar-refractivity contribution in [3.05, 3.63) is 0 Å². The summed E-state index contributed by atoms with van der Waals surface area (Å²) in [6.07, 6.45) is 0. The van der Waals surface area contributed by atoms with Gasteiger partial charge in [0.15, 0.2) is 0 Å². The van der Waals surface area contributed by atoms with E-state index < -0.39 is 18.9 Å². The van der Waals surface area contributed by atoms with Gasteiger partial charge >= 0.3 is 36.8 Å². The quantitative estimate of drug-likeness (QED) is 0.507. The van der Waals surface area contributed by atoms with Gasteiger partial charge in [0.2, 0.25) is 0 Å². The van der Waals surface area contributed by atoms with E-state index in [1.54, 1.807) is 0 Å². The molecule has 0 atom stereocenters. The summed E-state index contributed by atoms with van der Waals surface area (Å²) in [5, 5.41) is 0. The summed E-state index contributed by atoms with van der Waals surface area (Å²) in [6, 6.07) is 0. The van der Waals surface area contributed by atoms with E-state index in [1.807, 2.05) is 6.92 Å². The summed E-state index contributed by atoms with van der Waals surface area (Å²) < 4.78 is 0. The summed E-state index contributed by atoms with van der Waals surface area (Å²) in [5.74, 6) is 0. The normalized spacial score (nSPS) is 6.67. The van der Waals surface area contributed by atoms with E-state index in [2.05, 4.69) is 0 Å². The van der Waals surface area contributed by atoms with Crippen LogP contribution in [0.4, 0.5) is 0 Å². The molecule has 1 nitrogen and oxygen atoms in total. The first-order chi connectivity index (χ1) is 2.83. The fourth-order valence-corrected chi connectivity index (χ4v) is 0. The Morgan fingerprint density at radius 3 is 1.67 bits per heavy atom. The van der Waals surface area contributed by atoms with Crippen molar-refractivity contribution in [1.29, 1.82) is 0 Å². The summed E-state index contributed by atoms with van der Waals surface area (Å²) >= 11 is -0.466. The Labute approximate surface area is 55.9 Å². The number of hydrogen-bond acceptors (Lipinski definition) is 1. The van der Waals surface area contributed by atoms with Gasteiger partial charge in [-0.2, -0.15) is 0 Å². The van der Waals surface area contributed by atoms with Gasteiger partial charge in [0.05, 0.1) is 0 Å². The Kier molecular flexibility index (Phi) is 27.9. The fraction of sp³-hybridized carbons (Fsp3) is 1.00. The van der Waals surface area contributed by atoms with Crippen molar-refractivity contribution in [2.45, 2.75) is 6.92 Å². The van der Waals surface area contributed by atoms with Gasteiger partial charge in [-0.05, 0) is 6.54 Å². The van der Waals surface area contributed by atoms with Crippen LogP contribution in [0.2, 0.25) is 0 Å². The van der Waals surface area contributed by atoms with E-state index in [1.165, 1.54) is 0 Å². The molecule has 0 aliphatic heterocycles. The number of halogens is 3. The summed E-state index contributed by atoms with van der Waals surface area (Å²) in [7, 11) is 9.75. The maximum atomic E-state index is 4.87. The average molecular weight is 243 g/mol.